The molecular formula is C28H33NO6. The van der Waals surface area contributed by atoms with Crippen molar-refractivity contribution in [2.75, 3.05) is 65.3 Å². The molecule has 0 heterocycles. The Kier molecular flexibility index (Phi) is 11.8. The average molecular weight is 480 g/mol. The van der Waals surface area contributed by atoms with Crippen LogP contribution in [0.15, 0.2) is 78.9 Å². The van der Waals surface area contributed by atoms with Crippen molar-refractivity contribution in [1.82, 2.24) is 0 Å². The predicted octanol–water partition coefficient (Wildman–Crippen LogP) is 4.68. The number of nitrogens with one attached hydrogen (secondary N) is 1. The number of anilines is 1. The standard InChI is InChI=1S/C28H33NO6/c1-31-15-16-32-17-18-33-19-20-34-21-22-35-25-13-11-24(12-14-25)28(30)29-27-10-6-5-9-26(27)23-7-3-2-4-8-23/h2-14H,15-22H2,1H3,(H,29,30). The van der Waals surface area contributed by atoms with Crippen molar-refractivity contribution in [3.63, 3.8) is 0 Å². The van der Waals surface area contributed by atoms with Gasteiger partial charge < -0.3 is 29.0 Å². The largest absolute Gasteiger partial charge is 0.491 e. The van der Waals surface area contributed by atoms with Gasteiger partial charge in [-0.1, -0.05) is 48.5 Å². The van der Waals surface area contributed by atoms with E-state index in [1.807, 2.05) is 54.6 Å². The Balaban J connectivity index is 1.34. The third kappa shape index (κ3) is 9.50. The number of para-hydroxylation sites is 1. The Morgan fingerprint density at radius 2 is 1.23 bits per heavy atom. The molecule has 0 unspecified atom stereocenters. The second kappa shape index (κ2) is 15.6. The topological polar surface area (TPSA) is 75.2 Å². The van der Waals surface area contributed by atoms with Crippen molar-refractivity contribution in [1.29, 1.82) is 0 Å². The normalized spacial score (nSPS) is 10.8. The highest BCUT2D eigenvalue weighted by molar-refractivity contribution is 6.06. The Morgan fingerprint density at radius 3 is 1.89 bits per heavy atom. The van der Waals surface area contributed by atoms with E-state index in [1.165, 1.54) is 0 Å². The fraction of sp³-hybridized carbons (Fsp3) is 0.321. The van der Waals surface area contributed by atoms with Crippen LogP contribution in [-0.4, -0.2) is 65.9 Å². The molecule has 0 saturated heterocycles. The summed E-state index contributed by atoms with van der Waals surface area (Å²) in [6, 6.07) is 24.8. The van der Waals surface area contributed by atoms with Crippen molar-refractivity contribution < 1.29 is 28.5 Å². The average Bonchev–Trinajstić information content (AvgIpc) is 2.90. The molecule has 3 aromatic carbocycles. The minimum absolute atomic E-state index is 0.174. The van der Waals surface area contributed by atoms with Crippen LogP contribution in [0.4, 0.5) is 5.69 Å². The zero-order valence-electron chi connectivity index (χ0n) is 20.1. The Hall–Kier alpha value is -3.23. The summed E-state index contributed by atoms with van der Waals surface area (Å²) in [4.78, 5) is 12.8. The maximum Gasteiger partial charge on any atom is 0.255 e. The molecule has 7 heteroatoms. The minimum Gasteiger partial charge on any atom is -0.491 e. The van der Waals surface area contributed by atoms with Crippen molar-refractivity contribution in [3.8, 4) is 16.9 Å². The van der Waals surface area contributed by atoms with E-state index in [9.17, 15) is 4.79 Å². The zero-order valence-corrected chi connectivity index (χ0v) is 20.1. The Bertz CT molecular complexity index is 994. The fourth-order valence-electron chi connectivity index (χ4n) is 3.26. The highest BCUT2D eigenvalue weighted by Gasteiger charge is 2.10. The van der Waals surface area contributed by atoms with Gasteiger partial charge in [-0.05, 0) is 35.9 Å². The van der Waals surface area contributed by atoms with Crippen molar-refractivity contribution in [3.05, 3.63) is 84.4 Å². The molecule has 7 nitrogen and oxygen atoms in total. The van der Waals surface area contributed by atoms with Crippen LogP contribution in [0.25, 0.3) is 11.1 Å². The van der Waals surface area contributed by atoms with Gasteiger partial charge >= 0.3 is 0 Å². The third-order valence-electron chi connectivity index (χ3n) is 5.05. The van der Waals surface area contributed by atoms with Gasteiger partial charge in [0.05, 0.1) is 46.2 Å². The summed E-state index contributed by atoms with van der Waals surface area (Å²) < 4.78 is 26.8. The van der Waals surface area contributed by atoms with Crippen LogP contribution in [0.1, 0.15) is 10.4 Å². The van der Waals surface area contributed by atoms with Crippen LogP contribution in [0.5, 0.6) is 5.75 Å². The maximum absolute atomic E-state index is 12.8. The quantitative estimate of drug-likeness (QED) is 0.301. The summed E-state index contributed by atoms with van der Waals surface area (Å²) in [6.07, 6.45) is 0. The maximum atomic E-state index is 12.8. The molecule has 3 rings (SSSR count). The second-order valence-electron chi connectivity index (χ2n) is 7.57. The molecule has 0 aliphatic rings. The van der Waals surface area contributed by atoms with E-state index in [-0.39, 0.29) is 5.91 Å². The second-order valence-corrected chi connectivity index (χ2v) is 7.57. The number of rotatable bonds is 16. The summed E-state index contributed by atoms with van der Waals surface area (Å²) in [6.45, 7) is 4.09. The zero-order chi connectivity index (χ0) is 24.6. The van der Waals surface area contributed by atoms with Gasteiger partial charge in [0.25, 0.3) is 5.91 Å². The predicted molar refractivity (Wildman–Crippen MR) is 136 cm³/mol. The van der Waals surface area contributed by atoms with Gasteiger partial charge in [-0.15, -0.1) is 0 Å². The van der Waals surface area contributed by atoms with Crippen LogP contribution in [-0.2, 0) is 18.9 Å². The lowest BCUT2D eigenvalue weighted by Gasteiger charge is -2.12. The first-order valence-corrected chi connectivity index (χ1v) is 11.7. The summed E-state index contributed by atoms with van der Waals surface area (Å²) in [7, 11) is 1.64. The van der Waals surface area contributed by atoms with Crippen molar-refractivity contribution in [2.24, 2.45) is 0 Å². The van der Waals surface area contributed by atoms with E-state index in [0.29, 0.717) is 64.2 Å². The van der Waals surface area contributed by atoms with E-state index in [4.69, 9.17) is 23.7 Å². The number of carbonyl (C=O) groups is 1. The lowest BCUT2D eigenvalue weighted by atomic mass is 10.0. The van der Waals surface area contributed by atoms with Crippen molar-refractivity contribution in [2.45, 2.75) is 0 Å². The van der Waals surface area contributed by atoms with Crippen molar-refractivity contribution >= 4 is 11.6 Å². The molecule has 3 aromatic rings. The molecule has 1 N–H and O–H groups in total. The van der Waals surface area contributed by atoms with Crippen LogP contribution in [0.2, 0.25) is 0 Å². The van der Waals surface area contributed by atoms with Gasteiger partial charge in [0.1, 0.15) is 12.4 Å². The van der Waals surface area contributed by atoms with E-state index in [2.05, 4.69) is 5.32 Å². The van der Waals surface area contributed by atoms with E-state index < -0.39 is 0 Å². The van der Waals surface area contributed by atoms with Crippen LogP contribution < -0.4 is 10.1 Å². The molecular weight excluding hydrogens is 446 g/mol. The SMILES string of the molecule is COCCOCCOCCOCCOc1ccc(C(=O)Nc2ccccc2-c2ccccc2)cc1. The lowest BCUT2D eigenvalue weighted by molar-refractivity contribution is 0.000164. The van der Waals surface area contributed by atoms with Gasteiger partial charge in [-0.3, -0.25) is 4.79 Å². The number of methoxy groups -OCH3 is 1. The lowest BCUT2D eigenvalue weighted by Crippen LogP contribution is -2.14. The van der Waals surface area contributed by atoms with E-state index >= 15 is 0 Å². The molecule has 0 bridgehead atoms. The van der Waals surface area contributed by atoms with Crippen LogP contribution in [0.3, 0.4) is 0 Å². The molecule has 0 atom stereocenters. The minimum atomic E-state index is -0.174. The van der Waals surface area contributed by atoms with Crippen LogP contribution in [0, 0.1) is 0 Å². The highest BCUT2D eigenvalue weighted by atomic mass is 16.6. The molecule has 1 amide bonds. The molecule has 0 radical (unpaired) electrons. The summed E-state index contributed by atoms with van der Waals surface area (Å²) >= 11 is 0. The molecule has 35 heavy (non-hydrogen) atoms. The number of ether oxygens (including phenoxy) is 5. The number of hydrogen-bond donors (Lipinski definition) is 1. The number of carbonyl (C=O) groups excluding carboxylic acids is 1. The number of hydrogen-bond acceptors (Lipinski definition) is 6. The molecule has 0 spiro atoms. The number of amides is 1. The molecule has 0 aliphatic carbocycles. The first-order chi connectivity index (χ1) is 17.3. The molecule has 0 aliphatic heterocycles. The summed E-state index contributed by atoms with van der Waals surface area (Å²) in [5.41, 5.74) is 3.35. The molecule has 0 saturated carbocycles. The van der Waals surface area contributed by atoms with Gasteiger partial charge in [0, 0.05) is 23.9 Å². The molecule has 0 aromatic heterocycles. The van der Waals surface area contributed by atoms with Gasteiger partial charge in [0.2, 0.25) is 0 Å². The third-order valence-corrected chi connectivity index (χ3v) is 5.05. The highest BCUT2D eigenvalue weighted by Crippen LogP contribution is 2.28. The molecule has 0 fully saturated rings. The smallest absolute Gasteiger partial charge is 0.255 e. The van der Waals surface area contributed by atoms with Gasteiger partial charge in [-0.2, -0.15) is 0 Å². The van der Waals surface area contributed by atoms with E-state index in [1.54, 1.807) is 31.4 Å². The molecule has 186 valence electrons. The Morgan fingerprint density at radius 1 is 0.657 bits per heavy atom. The fourth-order valence-corrected chi connectivity index (χ4v) is 3.26. The summed E-state index contributed by atoms with van der Waals surface area (Å²) in [5.74, 6) is 0.506. The van der Waals surface area contributed by atoms with E-state index in [0.717, 1.165) is 16.8 Å². The van der Waals surface area contributed by atoms with Gasteiger partial charge in [0.15, 0.2) is 0 Å². The number of benzene rings is 3. The first kappa shape index (κ1) is 26.4. The van der Waals surface area contributed by atoms with Gasteiger partial charge in [-0.25, -0.2) is 0 Å². The Labute approximate surface area is 206 Å². The first-order valence-electron chi connectivity index (χ1n) is 11.7. The monoisotopic (exact) mass is 479 g/mol. The summed E-state index contributed by atoms with van der Waals surface area (Å²) in [5, 5.41) is 3.01. The van der Waals surface area contributed by atoms with Crippen LogP contribution >= 0.6 is 0 Å².